The Hall–Kier alpha value is -4.47. The van der Waals surface area contributed by atoms with Crippen molar-refractivity contribution in [2.75, 3.05) is 13.1 Å². The fraction of sp³-hybridized carbons (Fsp3) is 0.345. The topological polar surface area (TPSA) is 130 Å². The molecule has 39 heavy (non-hydrogen) atoms. The minimum Gasteiger partial charge on any atom is -0.444 e. The highest BCUT2D eigenvalue weighted by atomic mass is 16.6. The van der Waals surface area contributed by atoms with Gasteiger partial charge < -0.3 is 20.3 Å². The molecular formula is C29H31N5O5. The number of hydrogen-bond donors (Lipinski definition) is 3. The van der Waals surface area contributed by atoms with E-state index < -0.39 is 41.1 Å². The molecule has 202 valence electrons. The maximum absolute atomic E-state index is 13.2. The molecule has 2 aliphatic rings. The van der Waals surface area contributed by atoms with Gasteiger partial charge in [-0.15, -0.1) is 0 Å². The minimum atomic E-state index is -1.48. The fourth-order valence-corrected chi connectivity index (χ4v) is 5.12. The summed E-state index contributed by atoms with van der Waals surface area (Å²) in [6.07, 6.45) is 0.0463. The Morgan fingerprint density at radius 3 is 2.51 bits per heavy atom. The number of aryl methyl sites for hydroxylation is 1. The number of carbonyl (C=O) groups is 4. The minimum absolute atomic E-state index is 0.000898. The van der Waals surface area contributed by atoms with Crippen molar-refractivity contribution in [3.8, 4) is 0 Å². The van der Waals surface area contributed by atoms with Crippen molar-refractivity contribution in [1.29, 1.82) is 0 Å². The van der Waals surface area contributed by atoms with Gasteiger partial charge in [0.2, 0.25) is 0 Å². The number of para-hydroxylation sites is 1. The number of likely N-dealkylation sites (tertiary alicyclic amines) is 1. The van der Waals surface area contributed by atoms with E-state index >= 15 is 0 Å². The first-order valence-corrected chi connectivity index (χ1v) is 12.8. The van der Waals surface area contributed by atoms with Gasteiger partial charge in [0.15, 0.2) is 5.54 Å². The van der Waals surface area contributed by atoms with Gasteiger partial charge in [0.25, 0.3) is 11.8 Å². The average Bonchev–Trinajstić information content (AvgIpc) is 3.36. The maximum Gasteiger partial charge on any atom is 0.410 e. The number of fused-ring (bicyclic) bond motifs is 1. The third-order valence-electron chi connectivity index (χ3n) is 6.90. The maximum atomic E-state index is 13.2. The zero-order chi connectivity index (χ0) is 27.9. The van der Waals surface area contributed by atoms with Crippen LogP contribution in [0.2, 0.25) is 0 Å². The average molecular weight is 530 g/mol. The van der Waals surface area contributed by atoms with Crippen LogP contribution in [0.15, 0.2) is 54.6 Å². The molecule has 2 fully saturated rings. The van der Waals surface area contributed by atoms with Crippen LogP contribution in [0.3, 0.4) is 0 Å². The van der Waals surface area contributed by atoms with E-state index in [2.05, 4.69) is 33.1 Å². The highest BCUT2D eigenvalue weighted by molar-refractivity contribution is 6.09. The van der Waals surface area contributed by atoms with Gasteiger partial charge in [-0.25, -0.2) is 9.59 Å². The summed E-state index contributed by atoms with van der Waals surface area (Å²) in [6, 6.07) is 15.8. The standard InChI is InChI=1S/C29H31N5O5/c1-17-13-20(21-7-5-6-8-22(21)30-17)14-18-9-11-19(12-10-18)24(35)31-23-15-34(27(38)39-28(2,3)4)16-29(23)25(36)32-26(37)33-29/h5-13,23H,14-16H2,1-4H3,(H,31,35)(H2,32,33,36,37). The van der Waals surface area contributed by atoms with E-state index in [0.717, 1.165) is 27.7 Å². The monoisotopic (exact) mass is 529 g/mol. The molecule has 3 heterocycles. The predicted molar refractivity (Wildman–Crippen MR) is 144 cm³/mol. The van der Waals surface area contributed by atoms with Gasteiger partial charge in [-0.05, 0) is 69.5 Å². The van der Waals surface area contributed by atoms with Crippen LogP contribution in [0.1, 0.15) is 48.0 Å². The molecule has 0 radical (unpaired) electrons. The van der Waals surface area contributed by atoms with E-state index in [1.54, 1.807) is 32.9 Å². The first kappa shape index (κ1) is 26.1. The fourth-order valence-electron chi connectivity index (χ4n) is 5.12. The second-order valence-electron chi connectivity index (χ2n) is 11.1. The molecule has 0 aliphatic carbocycles. The van der Waals surface area contributed by atoms with Gasteiger partial charge in [0, 0.05) is 23.2 Å². The number of amides is 5. The van der Waals surface area contributed by atoms with Crippen molar-refractivity contribution in [1.82, 2.24) is 25.8 Å². The van der Waals surface area contributed by atoms with Crippen molar-refractivity contribution in [2.45, 2.75) is 51.3 Å². The van der Waals surface area contributed by atoms with Crippen molar-refractivity contribution in [2.24, 2.45) is 0 Å². The number of rotatable bonds is 4. The summed E-state index contributed by atoms with van der Waals surface area (Å²) >= 11 is 0. The molecule has 0 saturated carbocycles. The van der Waals surface area contributed by atoms with E-state index in [0.29, 0.717) is 12.0 Å². The van der Waals surface area contributed by atoms with Crippen LogP contribution in [0.4, 0.5) is 9.59 Å². The number of nitrogens with zero attached hydrogens (tertiary/aromatic N) is 2. The van der Waals surface area contributed by atoms with Gasteiger partial charge in [-0.2, -0.15) is 0 Å². The summed E-state index contributed by atoms with van der Waals surface area (Å²) in [4.78, 5) is 56.7. The molecule has 2 unspecified atom stereocenters. The molecule has 5 rings (SSSR count). The zero-order valence-electron chi connectivity index (χ0n) is 22.3. The Kier molecular flexibility index (Phi) is 6.49. The van der Waals surface area contributed by atoms with Gasteiger partial charge >= 0.3 is 12.1 Å². The summed E-state index contributed by atoms with van der Waals surface area (Å²) in [7, 11) is 0. The third kappa shape index (κ3) is 5.27. The molecular weight excluding hydrogens is 498 g/mol. The predicted octanol–water partition coefficient (Wildman–Crippen LogP) is 3.06. The number of hydrogen-bond acceptors (Lipinski definition) is 6. The third-order valence-corrected chi connectivity index (χ3v) is 6.90. The Bertz CT molecular complexity index is 1480. The molecule has 2 atom stereocenters. The molecule has 3 aromatic rings. The van der Waals surface area contributed by atoms with E-state index in [-0.39, 0.29) is 13.1 Å². The largest absolute Gasteiger partial charge is 0.444 e. The number of imide groups is 1. The summed E-state index contributed by atoms with van der Waals surface area (Å²) < 4.78 is 5.45. The van der Waals surface area contributed by atoms with E-state index in [4.69, 9.17) is 4.74 Å². The van der Waals surface area contributed by atoms with Crippen molar-refractivity contribution in [3.05, 3.63) is 77.0 Å². The number of carbonyl (C=O) groups excluding carboxylic acids is 4. The van der Waals surface area contributed by atoms with E-state index in [9.17, 15) is 19.2 Å². The molecule has 2 aromatic carbocycles. The van der Waals surface area contributed by atoms with Crippen LogP contribution in [-0.2, 0) is 16.0 Å². The van der Waals surface area contributed by atoms with Crippen LogP contribution >= 0.6 is 0 Å². The number of benzene rings is 2. The number of pyridine rings is 1. The lowest BCUT2D eigenvalue weighted by Crippen LogP contribution is -2.62. The van der Waals surface area contributed by atoms with Gasteiger partial charge in [-0.1, -0.05) is 30.3 Å². The molecule has 10 nitrogen and oxygen atoms in total. The summed E-state index contributed by atoms with van der Waals surface area (Å²) in [6.45, 7) is 7.06. The number of nitrogens with one attached hydrogen (secondary N) is 3. The zero-order valence-corrected chi connectivity index (χ0v) is 22.3. The van der Waals surface area contributed by atoms with E-state index in [1.807, 2.05) is 37.3 Å². The Labute approximate surface area is 226 Å². The van der Waals surface area contributed by atoms with E-state index in [1.165, 1.54) is 4.90 Å². The number of aromatic nitrogens is 1. The molecule has 1 spiro atoms. The van der Waals surface area contributed by atoms with Crippen LogP contribution < -0.4 is 16.0 Å². The second-order valence-corrected chi connectivity index (χ2v) is 11.1. The van der Waals surface area contributed by atoms with Crippen LogP contribution in [0, 0.1) is 6.92 Å². The Morgan fingerprint density at radius 2 is 1.85 bits per heavy atom. The van der Waals surface area contributed by atoms with Crippen LogP contribution in [-0.4, -0.2) is 64.1 Å². The summed E-state index contributed by atoms with van der Waals surface area (Å²) in [5.74, 6) is -1.02. The van der Waals surface area contributed by atoms with Gasteiger partial charge in [-0.3, -0.25) is 19.9 Å². The SMILES string of the molecule is Cc1cc(Cc2ccc(C(=O)NC3CN(C(=O)OC(C)(C)C)CC34NC(=O)NC4=O)cc2)c2ccccc2n1. The first-order valence-electron chi connectivity index (χ1n) is 12.8. The highest BCUT2D eigenvalue weighted by Crippen LogP contribution is 2.28. The summed E-state index contributed by atoms with van der Waals surface area (Å²) in [5, 5.41) is 8.79. The van der Waals surface area contributed by atoms with Crippen molar-refractivity contribution < 1.29 is 23.9 Å². The number of urea groups is 1. The Morgan fingerprint density at radius 1 is 1.13 bits per heavy atom. The van der Waals surface area contributed by atoms with Crippen LogP contribution in [0.25, 0.3) is 10.9 Å². The molecule has 2 saturated heterocycles. The van der Waals surface area contributed by atoms with Crippen molar-refractivity contribution in [3.63, 3.8) is 0 Å². The molecule has 3 N–H and O–H groups in total. The number of ether oxygens (including phenoxy) is 1. The second kappa shape index (κ2) is 9.68. The van der Waals surface area contributed by atoms with Crippen LogP contribution in [0.5, 0.6) is 0 Å². The highest BCUT2D eigenvalue weighted by Gasteiger charge is 2.59. The normalized spacial score (nSPS) is 20.7. The lowest BCUT2D eigenvalue weighted by molar-refractivity contribution is -0.124. The smallest absolute Gasteiger partial charge is 0.410 e. The molecule has 2 aliphatic heterocycles. The molecule has 5 amide bonds. The molecule has 0 bridgehead atoms. The summed E-state index contributed by atoms with van der Waals surface area (Å²) in [5.41, 5.74) is 2.22. The first-order chi connectivity index (χ1) is 18.4. The molecule has 1 aromatic heterocycles. The lowest BCUT2D eigenvalue weighted by Gasteiger charge is -2.27. The quantitative estimate of drug-likeness (QED) is 0.446. The van der Waals surface area contributed by atoms with Crippen molar-refractivity contribution >= 4 is 34.8 Å². The van der Waals surface area contributed by atoms with Gasteiger partial charge in [0.1, 0.15) is 5.60 Å². The lowest BCUT2D eigenvalue weighted by atomic mass is 9.93. The molecule has 10 heteroatoms. The van der Waals surface area contributed by atoms with Gasteiger partial charge in [0.05, 0.1) is 18.1 Å². The Balaban J connectivity index is 1.33.